The summed E-state index contributed by atoms with van der Waals surface area (Å²) in [5.41, 5.74) is 3.26. The van der Waals surface area contributed by atoms with E-state index in [2.05, 4.69) is 0 Å². The van der Waals surface area contributed by atoms with Crippen LogP contribution in [0.4, 0.5) is 0 Å². The molecule has 1 heterocycles. The molecule has 0 aromatic heterocycles. The number of aromatic hydroxyl groups is 1. The third kappa shape index (κ3) is 3.30. The molecule has 192 valence electrons. The summed E-state index contributed by atoms with van der Waals surface area (Å²) in [6, 6.07) is 2.06. The fourth-order valence-corrected chi connectivity index (χ4v) is 6.27. The van der Waals surface area contributed by atoms with Crippen LogP contribution in [0.5, 0.6) is 5.75 Å². The van der Waals surface area contributed by atoms with Crippen molar-refractivity contribution >= 4 is 23.2 Å². The Bertz CT molecular complexity index is 1250. The third-order valence-electron chi connectivity index (χ3n) is 7.87. The number of phenols is 1. The van der Waals surface area contributed by atoms with Gasteiger partial charge in [-0.1, -0.05) is 6.07 Å². The molecule has 5 rings (SSSR count). The minimum Gasteiger partial charge on any atom is -0.508 e. The number of ketones is 2. The SMILES string of the molecule is CN(C)[C@@H]1C(=O)C(C(N)=O)=C(O)[C@@]2(O)C(=O)C3=C(O)c4c(O)ccc(CN5CCCO5)c4CC3CC12. The van der Waals surface area contributed by atoms with E-state index in [-0.39, 0.29) is 29.7 Å². The minimum absolute atomic E-state index is 0.0566. The second kappa shape index (κ2) is 8.41. The smallest absolute Gasteiger partial charge is 0.255 e. The summed E-state index contributed by atoms with van der Waals surface area (Å²) >= 11 is 0. The molecule has 6 N–H and O–H groups in total. The lowest BCUT2D eigenvalue weighted by molar-refractivity contribution is -0.153. The van der Waals surface area contributed by atoms with Crippen LogP contribution in [0.1, 0.15) is 29.5 Å². The summed E-state index contributed by atoms with van der Waals surface area (Å²) in [5.74, 6) is -6.57. The van der Waals surface area contributed by atoms with Gasteiger partial charge in [0.1, 0.15) is 22.8 Å². The summed E-state index contributed by atoms with van der Waals surface area (Å²) in [6.07, 6.45) is 1.20. The van der Waals surface area contributed by atoms with Gasteiger partial charge in [0, 0.05) is 24.6 Å². The van der Waals surface area contributed by atoms with E-state index in [0.29, 0.717) is 18.7 Å². The number of Topliss-reactive ketones (excluding diaryl/α,β-unsaturated/α-hetero) is 2. The molecule has 4 aliphatic rings. The number of fused-ring (bicyclic) bond motifs is 3. The first-order chi connectivity index (χ1) is 17.0. The molecule has 11 heteroatoms. The maximum absolute atomic E-state index is 13.8. The number of carbonyl (C=O) groups is 3. The molecular formula is C25H29N3O8. The normalized spacial score (nSPS) is 30.5. The molecule has 11 nitrogen and oxygen atoms in total. The number of nitrogens with zero attached hydrogens (tertiary/aromatic N) is 2. The van der Waals surface area contributed by atoms with Crippen molar-refractivity contribution in [1.82, 2.24) is 9.96 Å². The molecule has 1 saturated carbocycles. The number of nitrogens with two attached hydrogens (primary N) is 1. The van der Waals surface area contributed by atoms with Crippen LogP contribution in [0.15, 0.2) is 29.0 Å². The van der Waals surface area contributed by atoms with E-state index in [1.54, 1.807) is 25.2 Å². The van der Waals surface area contributed by atoms with Gasteiger partial charge in [-0.3, -0.25) is 24.1 Å². The maximum atomic E-state index is 13.8. The van der Waals surface area contributed by atoms with Gasteiger partial charge < -0.3 is 26.2 Å². The minimum atomic E-state index is -2.64. The molecule has 1 saturated heterocycles. The van der Waals surface area contributed by atoms with Crippen molar-refractivity contribution in [2.75, 3.05) is 27.2 Å². The van der Waals surface area contributed by atoms with Crippen LogP contribution in [-0.4, -0.2) is 86.8 Å². The van der Waals surface area contributed by atoms with E-state index in [4.69, 9.17) is 10.6 Å². The van der Waals surface area contributed by atoms with Gasteiger partial charge in [0.15, 0.2) is 11.4 Å². The molecule has 2 fully saturated rings. The fourth-order valence-electron chi connectivity index (χ4n) is 6.27. The highest BCUT2D eigenvalue weighted by Crippen LogP contribution is 2.53. The Morgan fingerprint density at radius 3 is 2.58 bits per heavy atom. The molecule has 0 radical (unpaired) electrons. The Morgan fingerprint density at radius 1 is 1.25 bits per heavy atom. The second-order valence-corrected chi connectivity index (χ2v) is 10.1. The first-order valence-corrected chi connectivity index (χ1v) is 11.8. The standard InChI is InChI=1S/C25H29N3O8/c1-27(2)19-14-9-12-8-13-11(10-28-6-3-7-36-28)4-5-15(29)17(13)20(30)16(12)22(32)25(14,35)23(33)18(21(19)31)24(26)34/h4-5,12,14,19,29-30,33,35H,3,6-10H2,1-2H3,(H2,26,34)/t12?,14?,19-,25-/m0/s1. The van der Waals surface area contributed by atoms with Crippen LogP contribution < -0.4 is 5.73 Å². The largest absolute Gasteiger partial charge is 0.508 e. The molecule has 2 unspecified atom stereocenters. The Hall–Kier alpha value is -3.25. The molecule has 1 aromatic carbocycles. The predicted octanol–water partition coefficient (Wildman–Crippen LogP) is 0.101. The Kier molecular flexibility index (Phi) is 5.71. The molecule has 1 amide bonds. The lowest BCUT2D eigenvalue weighted by Crippen LogP contribution is -2.65. The quantitative estimate of drug-likeness (QED) is 0.358. The van der Waals surface area contributed by atoms with E-state index in [1.807, 2.05) is 0 Å². The highest BCUT2D eigenvalue weighted by atomic mass is 16.7. The van der Waals surface area contributed by atoms with Gasteiger partial charge in [0.05, 0.1) is 18.2 Å². The number of amides is 1. The Morgan fingerprint density at radius 2 is 1.97 bits per heavy atom. The molecule has 1 aliphatic heterocycles. The number of hydrogen-bond acceptors (Lipinski definition) is 10. The predicted molar refractivity (Wildman–Crippen MR) is 125 cm³/mol. The van der Waals surface area contributed by atoms with Crippen LogP contribution in [0.3, 0.4) is 0 Å². The number of hydrogen-bond donors (Lipinski definition) is 5. The van der Waals surface area contributed by atoms with E-state index < -0.39 is 58.0 Å². The lowest BCUT2D eigenvalue weighted by atomic mass is 9.57. The number of aliphatic hydroxyl groups excluding tert-OH is 2. The van der Waals surface area contributed by atoms with E-state index in [1.165, 1.54) is 11.0 Å². The summed E-state index contributed by atoms with van der Waals surface area (Å²) in [6.45, 7) is 1.76. The topological polar surface area (TPSA) is 174 Å². The molecule has 1 aromatic rings. The second-order valence-electron chi connectivity index (χ2n) is 10.1. The van der Waals surface area contributed by atoms with Crippen molar-refractivity contribution in [3.63, 3.8) is 0 Å². The molecular weight excluding hydrogens is 470 g/mol. The van der Waals surface area contributed by atoms with Gasteiger partial charge in [-0.05, 0) is 56.5 Å². The van der Waals surface area contributed by atoms with Crippen LogP contribution in [0.2, 0.25) is 0 Å². The molecule has 0 spiro atoms. The Labute approximate surface area is 207 Å². The average molecular weight is 500 g/mol. The van der Waals surface area contributed by atoms with Crippen LogP contribution in [0.25, 0.3) is 5.76 Å². The van der Waals surface area contributed by atoms with E-state index in [9.17, 15) is 34.8 Å². The molecule has 4 atom stereocenters. The van der Waals surface area contributed by atoms with Crippen molar-refractivity contribution in [2.45, 2.75) is 37.5 Å². The van der Waals surface area contributed by atoms with E-state index >= 15 is 0 Å². The maximum Gasteiger partial charge on any atom is 0.255 e. The highest BCUT2D eigenvalue weighted by molar-refractivity contribution is 6.24. The zero-order chi connectivity index (χ0) is 26.1. The van der Waals surface area contributed by atoms with E-state index in [0.717, 1.165) is 18.5 Å². The van der Waals surface area contributed by atoms with Crippen molar-refractivity contribution in [1.29, 1.82) is 0 Å². The van der Waals surface area contributed by atoms with Crippen LogP contribution >= 0.6 is 0 Å². The van der Waals surface area contributed by atoms with Gasteiger partial charge >= 0.3 is 0 Å². The summed E-state index contributed by atoms with van der Waals surface area (Å²) in [7, 11) is 3.14. The highest BCUT2D eigenvalue weighted by Gasteiger charge is 2.64. The molecule has 0 bridgehead atoms. The van der Waals surface area contributed by atoms with Gasteiger partial charge in [-0.25, -0.2) is 0 Å². The zero-order valence-corrected chi connectivity index (χ0v) is 20.0. The van der Waals surface area contributed by atoms with Gasteiger partial charge in [-0.15, -0.1) is 0 Å². The monoisotopic (exact) mass is 499 g/mol. The molecule has 36 heavy (non-hydrogen) atoms. The number of benzene rings is 1. The van der Waals surface area contributed by atoms with Crippen molar-refractivity contribution in [3.05, 3.63) is 45.7 Å². The van der Waals surface area contributed by atoms with Gasteiger partial charge in [-0.2, -0.15) is 5.06 Å². The number of carbonyl (C=O) groups excluding carboxylic acids is 3. The summed E-state index contributed by atoms with van der Waals surface area (Å²) in [5, 5.41) is 46.2. The number of hydroxylamine groups is 2. The lowest BCUT2D eigenvalue weighted by Gasteiger charge is -2.50. The zero-order valence-electron chi connectivity index (χ0n) is 20.0. The fraction of sp³-hybridized carbons (Fsp3) is 0.480. The first-order valence-electron chi connectivity index (χ1n) is 11.8. The van der Waals surface area contributed by atoms with Crippen molar-refractivity contribution in [2.24, 2.45) is 17.6 Å². The first kappa shape index (κ1) is 24.4. The number of phenolic OH excluding ortho intramolecular Hbond substituents is 1. The molecule has 3 aliphatic carbocycles. The average Bonchev–Trinajstić information content (AvgIpc) is 3.31. The van der Waals surface area contributed by atoms with Crippen LogP contribution in [0, 0.1) is 11.8 Å². The number of likely N-dealkylation sites (N-methyl/N-ethyl adjacent to an activating group) is 1. The van der Waals surface area contributed by atoms with Crippen molar-refractivity contribution in [3.8, 4) is 5.75 Å². The van der Waals surface area contributed by atoms with Gasteiger partial charge in [0.25, 0.3) is 5.91 Å². The number of rotatable bonds is 4. The number of aliphatic hydroxyl groups is 3. The Balaban J connectivity index is 1.67. The third-order valence-corrected chi connectivity index (χ3v) is 7.87. The summed E-state index contributed by atoms with van der Waals surface area (Å²) in [4.78, 5) is 46.1. The van der Waals surface area contributed by atoms with Crippen LogP contribution in [-0.2, 0) is 32.2 Å². The van der Waals surface area contributed by atoms with Crippen molar-refractivity contribution < 1.29 is 39.6 Å². The summed E-state index contributed by atoms with van der Waals surface area (Å²) < 4.78 is 0. The van der Waals surface area contributed by atoms with Gasteiger partial charge in [0.2, 0.25) is 5.78 Å². The number of primary amides is 1.